The molecular formula is C13H21NOS. The Balaban J connectivity index is 2.53. The summed E-state index contributed by atoms with van der Waals surface area (Å²) in [5, 5.41) is 0. The molecule has 0 bridgehead atoms. The first-order valence-electron chi connectivity index (χ1n) is 5.89. The molecule has 0 saturated heterocycles. The number of aryl methyl sites for hydroxylation is 1. The molecule has 16 heavy (non-hydrogen) atoms. The van der Waals surface area contributed by atoms with Gasteiger partial charge in [-0.15, -0.1) is 0 Å². The van der Waals surface area contributed by atoms with Gasteiger partial charge in [-0.2, -0.15) is 0 Å². The van der Waals surface area contributed by atoms with Gasteiger partial charge in [-0.3, -0.25) is 4.21 Å². The number of nitrogen functional groups attached to an aromatic ring is 1. The highest BCUT2D eigenvalue weighted by Crippen LogP contribution is 2.17. The van der Waals surface area contributed by atoms with E-state index >= 15 is 0 Å². The van der Waals surface area contributed by atoms with Gasteiger partial charge in [0, 0.05) is 16.3 Å². The van der Waals surface area contributed by atoms with E-state index in [1.807, 2.05) is 25.1 Å². The Morgan fingerprint density at radius 2 is 2.00 bits per heavy atom. The third-order valence-corrected chi connectivity index (χ3v) is 4.24. The van der Waals surface area contributed by atoms with Crippen LogP contribution in [0.5, 0.6) is 0 Å². The topological polar surface area (TPSA) is 43.1 Å². The number of anilines is 1. The summed E-state index contributed by atoms with van der Waals surface area (Å²) in [5.74, 6) is 0.769. The monoisotopic (exact) mass is 239 g/mol. The van der Waals surface area contributed by atoms with Crippen molar-refractivity contribution in [3.63, 3.8) is 0 Å². The van der Waals surface area contributed by atoms with E-state index in [9.17, 15) is 4.21 Å². The van der Waals surface area contributed by atoms with Crippen molar-refractivity contribution in [2.45, 2.75) is 44.4 Å². The standard InChI is InChI=1S/C13H21NOS/c1-3-4-5-6-9-16(15)13-8-7-12(14)10-11(13)2/h7-8,10H,3-6,9,14H2,1-2H3. The molecule has 0 aliphatic rings. The minimum absolute atomic E-state index is 0.740. The van der Waals surface area contributed by atoms with Crippen molar-refractivity contribution in [3.8, 4) is 0 Å². The molecule has 3 heteroatoms. The summed E-state index contributed by atoms with van der Waals surface area (Å²) >= 11 is 0. The van der Waals surface area contributed by atoms with E-state index in [1.54, 1.807) is 0 Å². The first-order valence-corrected chi connectivity index (χ1v) is 7.21. The molecule has 0 aromatic heterocycles. The van der Waals surface area contributed by atoms with Crippen LogP contribution in [0, 0.1) is 6.92 Å². The minimum Gasteiger partial charge on any atom is -0.399 e. The second-order valence-electron chi connectivity index (χ2n) is 4.14. The average molecular weight is 239 g/mol. The maximum Gasteiger partial charge on any atom is 0.0532 e. The van der Waals surface area contributed by atoms with Crippen LogP contribution >= 0.6 is 0 Å². The van der Waals surface area contributed by atoms with Gasteiger partial charge in [0.2, 0.25) is 0 Å². The van der Waals surface area contributed by atoms with Crippen molar-refractivity contribution in [2.75, 3.05) is 11.5 Å². The second-order valence-corrected chi connectivity index (χ2v) is 5.67. The van der Waals surface area contributed by atoms with E-state index < -0.39 is 10.8 Å². The number of benzene rings is 1. The highest BCUT2D eigenvalue weighted by molar-refractivity contribution is 7.85. The fourth-order valence-corrected chi connectivity index (χ4v) is 3.02. The van der Waals surface area contributed by atoms with Crippen molar-refractivity contribution in [3.05, 3.63) is 23.8 Å². The molecule has 1 rings (SSSR count). The lowest BCUT2D eigenvalue weighted by Crippen LogP contribution is -2.01. The van der Waals surface area contributed by atoms with Gasteiger partial charge >= 0.3 is 0 Å². The molecule has 1 unspecified atom stereocenters. The number of nitrogens with two attached hydrogens (primary N) is 1. The first-order chi connectivity index (χ1) is 7.65. The van der Waals surface area contributed by atoms with Gasteiger partial charge in [-0.05, 0) is 37.1 Å². The Bertz CT molecular complexity index is 363. The van der Waals surface area contributed by atoms with Crippen LogP contribution in [0.25, 0.3) is 0 Å². The van der Waals surface area contributed by atoms with Crippen molar-refractivity contribution >= 4 is 16.5 Å². The Kier molecular flexibility index (Phi) is 5.53. The molecule has 2 nitrogen and oxygen atoms in total. The Morgan fingerprint density at radius 3 is 2.62 bits per heavy atom. The van der Waals surface area contributed by atoms with Crippen molar-refractivity contribution < 1.29 is 4.21 Å². The molecule has 0 radical (unpaired) electrons. The van der Waals surface area contributed by atoms with E-state index in [1.165, 1.54) is 19.3 Å². The van der Waals surface area contributed by atoms with Crippen LogP contribution in [-0.4, -0.2) is 9.96 Å². The fraction of sp³-hybridized carbons (Fsp3) is 0.538. The molecule has 0 aliphatic carbocycles. The predicted molar refractivity (Wildman–Crippen MR) is 71.0 cm³/mol. The number of rotatable bonds is 6. The summed E-state index contributed by atoms with van der Waals surface area (Å²) in [6.45, 7) is 4.15. The number of hydrogen-bond donors (Lipinski definition) is 1. The van der Waals surface area contributed by atoms with E-state index in [2.05, 4.69) is 6.92 Å². The molecular weight excluding hydrogens is 218 g/mol. The van der Waals surface area contributed by atoms with E-state index in [4.69, 9.17) is 5.73 Å². The van der Waals surface area contributed by atoms with Gasteiger partial charge in [0.25, 0.3) is 0 Å². The van der Waals surface area contributed by atoms with Gasteiger partial charge < -0.3 is 5.73 Å². The quantitative estimate of drug-likeness (QED) is 0.611. The normalized spacial score (nSPS) is 12.6. The summed E-state index contributed by atoms with van der Waals surface area (Å²) in [4.78, 5) is 0.936. The van der Waals surface area contributed by atoms with Crippen molar-refractivity contribution in [1.82, 2.24) is 0 Å². The lowest BCUT2D eigenvalue weighted by Gasteiger charge is -2.06. The summed E-state index contributed by atoms with van der Waals surface area (Å²) in [6.07, 6.45) is 4.67. The highest BCUT2D eigenvalue weighted by Gasteiger charge is 2.06. The summed E-state index contributed by atoms with van der Waals surface area (Å²) in [7, 11) is -0.862. The van der Waals surface area contributed by atoms with E-state index in [0.29, 0.717) is 0 Å². The third kappa shape index (κ3) is 3.97. The summed E-state index contributed by atoms with van der Waals surface area (Å²) in [5.41, 5.74) is 7.44. The molecule has 1 aromatic rings. The van der Waals surface area contributed by atoms with Gasteiger partial charge in [0.1, 0.15) is 0 Å². The van der Waals surface area contributed by atoms with Crippen LogP contribution in [0.15, 0.2) is 23.1 Å². The van der Waals surface area contributed by atoms with E-state index in [0.717, 1.165) is 28.3 Å². The molecule has 90 valence electrons. The maximum atomic E-state index is 12.0. The molecule has 0 heterocycles. The van der Waals surface area contributed by atoms with Gasteiger partial charge in [-0.25, -0.2) is 0 Å². The number of unbranched alkanes of at least 4 members (excludes halogenated alkanes) is 3. The van der Waals surface area contributed by atoms with Crippen LogP contribution in [-0.2, 0) is 10.8 Å². The van der Waals surface area contributed by atoms with Crippen LogP contribution < -0.4 is 5.73 Å². The zero-order valence-electron chi connectivity index (χ0n) is 10.2. The first kappa shape index (κ1) is 13.2. The van der Waals surface area contributed by atoms with Crippen molar-refractivity contribution in [1.29, 1.82) is 0 Å². The van der Waals surface area contributed by atoms with Crippen LogP contribution in [0.3, 0.4) is 0 Å². The maximum absolute atomic E-state index is 12.0. The molecule has 0 aliphatic heterocycles. The zero-order chi connectivity index (χ0) is 12.0. The molecule has 1 aromatic carbocycles. The Labute approximate surface area is 101 Å². The van der Waals surface area contributed by atoms with Crippen LogP contribution in [0.4, 0.5) is 5.69 Å². The highest BCUT2D eigenvalue weighted by atomic mass is 32.2. The lowest BCUT2D eigenvalue weighted by atomic mass is 10.2. The smallest absolute Gasteiger partial charge is 0.0532 e. The largest absolute Gasteiger partial charge is 0.399 e. The second kappa shape index (κ2) is 6.69. The number of hydrogen-bond acceptors (Lipinski definition) is 2. The zero-order valence-corrected chi connectivity index (χ0v) is 11.0. The van der Waals surface area contributed by atoms with Gasteiger partial charge in [0.15, 0.2) is 0 Å². The third-order valence-electron chi connectivity index (χ3n) is 2.63. The summed E-state index contributed by atoms with van der Waals surface area (Å²) < 4.78 is 12.0. The molecule has 2 N–H and O–H groups in total. The molecule has 0 spiro atoms. The average Bonchev–Trinajstić information content (AvgIpc) is 2.24. The minimum atomic E-state index is -0.862. The SMILES string of the molecule is CCCCCCS(=O)c1ccc(N)cc1C. The molecule has 0 amide bonds. The van der Waals surface area contributed by atoms with Gasteiger partial charge in [-0.1, -0.05) is 26.2 Å². The van der Waals surface area contributed by atoms with Crippen LogP contribution in [0.1, 0.15) is 38.2 Å². The fourth-order valence-electron chi connectivity index (χ4n) is 1.70. The Hall–Kier alpha value is -0.830. The van der Waals surface area contributed by atoms with Crippen molar-refractivity contribution in [2.24, 2.45) is 0 Å². The molecule has 0 saturated carbocycles. The van der Waals surface area contributed by atoms with E-state index in [-0.39, 0.29) is 0 Å². The van der Waals surface area contributed by atoms with Crippen LogP contribution in [0.2, 0.25) is 0 Å². The Morgan fingerprint density at radius 1 is 1.25 bits per heavy atom. The molecule has 1 atom stereocenters. The predicted octanol–water partition coefficient (Wildman–Crippen LogP) is 3.27. The van der Waals surface area contributed by atoms with Gasteiger partial charge in [0.05, 0.1) is 10.8 Å². The summed E-state index contributed by atoms with van der Waals surface area (Å²) in [6, 6.07) is 5.60. The molecule has 0 fully saturated rings. The lowest BCUT2D eigenvalue weighted by molar-refractivity contribution is 0.668.